The van der Waals surface area contributed by atoms with Gasteiger partial charge in [-0.05, 0) is 35.8 Å². The molecule has 1 saturated heterocycles. The summed E-state index contributed by atoms with van der Waals surface area (Å²) in [6.07, 6.45) is 2.59. The number of carbonyl (C=O) groups excluding carboxylic acids is 1. The van der Waals surface area contributed by atoms with Crippen LogP contribution in [0.4, 0.5) is 4.39 Å². The van der Waals surface area contributed by atoms with E-state index in [0.29, 0.717) is 6.54 Å². The van der Waals surface area contributed by atoms with E-state index in [9.17, 15) is 9.18 Å². The van der Waals surface area contributed by atoms with Crippen molar-refractivity contribution in [2.75, 3.05) is 6.54 Å². The van der Waals surface area contributed by atoms with Gasteiger partial charge in [0.2, 0.25) is 5.91 Å². The summed E-state index contributed by atoms with van der Waals surface area (Å²) in [5.74, 6) is -0.191. The van der Waals surface area contributed by atoms with Gasteiger partial charge in [0.05, 0.1) is 0 Å². The minimum Gasteiger partial charge on any atom is -0.334 e. The van der Waals surface area contributed by atoms with E-state index in [-0.39, 0.29) is 11.7 Å². The molecule has 1 amide bonds. The molecule has 0 saturated carbocycles. The molecule has 2 nitrogen and oxygen atoms in total. The lowest BCUT2D eigenvalue weighted by Gasteiger charge is -2.15. The summed E-state index contributed by atoms with van der Waals surface area (Å²) in [7, 11) is 0. The molecule has 21 heavy (non-hydrogen) atoms. The van der Waals surface area contributed by atoms with Crippen molar-refractivity contribution >= 4 is 12.0 Å². The maximum absolute atomic E-state index is 12.9. The lowest BCUT2D eigenvalue weighted by Crippen LogP contribution is -2.24. The maximum atomic E-state index is 12.9. The van der Waals surface area contributed by atoms with Crippen molar-refractivity contribution in [2.24, 2.45) is 0 Å². The Morgan fingerprint density at radius 3 is 2.48 bits per heavy atom. The van der Waals surface area contributed by atoms with Gasteiger partial charge in [0.25, 0.3) is 0 Å². The molecule has 0 aromatic heterocycles. The smallest absolute Gasteiger partial charge is 0.250 e. The number of rotatable bonds is 3. The summed E-state index contributed by atoms with van der Waals surface area (Å²) in [6.45, 7) is 1.38. The van der Waals surface area contributed by atoms with Gasteiger partial charge in [0.15, 0.2) is 0 Å². The maximum Gasteiger partial charge on any atom is 0.250 e. The third-order valence-electron chi connectivity index (χ3n) is 3.64. The van der Waals surface area contributed by atoms with Gasteiger partial charge >= 0.3 is 0 Å². The number of amides is 1. The highest BCUT2D eigenvalue weighted by Gasteiger charge is 2.25. The Morgan fingerprint density at radius 2 is 1.76 bits per heavy atom. The molecule has 1 aliphatic rings. The monoisotopic (exact) mass is 281 g/mol. The van der Waals surface area contributed by atoms with Gasteiger partial charge in [-0.3, -0.25) is 4.79 Å². The van der Waals surface area contributed by atoms with Gasteiger partial charge in [-0.25, -0.2) is 4.39 Å². The molecule has 1 heterocycles. The molecule has 0 N–H and O–H groups in total. The van der Waals surface area contributed by atoms with Gasteiger partial charge in [-0.1, -0.05) is 42.5 Å². The number of benzene rings is 2. The van der Waals surface area contributed by atoms with Crippen molar-refractivity contribution in [3.8, 4) is 0 Å². The van der Waals surface area contributed by atoms with Crippen molar-refractivity contribution in [1.29, 1.82) is 0 Å². The lowest BCUT2D eigenvalue weighted by atomic mass is 10.1. The Kier molecular flexibility index (Phi) is 3.82. The average Bonchev–Trinajstić information content (AvgIpc) is 2.84. The minimum absolute atomic E-state index is 0.0724. The van der Waals surface area contributed by atoms with Gasteiger partial charge in [0.1, 0.15) is 5.82 Å². The van der Waals surface area contributed by atoms with Crippen LogP contribution in [0.1, 0.15) is 17.5 Å². The molecule has 0 aliphatic carbocycles. The molecule has 0 unspecified atom stereocenters. The fourth-order valence-corrected chi connectivity index (χ4v) is 2.52. The Labute approximate surface area is 123 Å². The van der Waals surface area contributed by atoms with E-state index >= 15 is 0 Å². The van der Waals surface area contributed by atoms with Crippen LogP contribution in [0.25, 0.3) is 6.08 Å². The number of carbonyl (C=O) groups is 1. The van der Waals surface area contributed by atoms with E-state index in [1.165, 1.54) is 12.1 Å². The fraction of sp³-hybridized carbons (Fsp3) is 0.167. The van der Waals surface area contributed by atoms with Crippen molar-refractivity contribution in [3.63, 3.8) is 0 Å². The first-order valence-electron chi connectivity index (χ1n) is 7.02. The van der Waals surface area contributed by atoms with Gasteiger partial charge in [-0.2, -0.15) is 0 Å². The predicted molar refractivity (Wildman–Crippen MR) is 80.9 cm³/mol. The molecule has 106 valence electrons. The predicted octanol–water partition coefficient (Wildman–Crippen LogP) is 3.64. The van der Waals surface area contributed by atoms with Crippen LogP contribution in [-0.2, 0) is 11.3 Å². The summed E-state index contributed by atoms with van der Waals surface area (Å²) in [6, 6.07) is 16.2. The van der Waals surface area contributed by atoms with Crippen LogP contribution in [0.15, 0.2) is 60.2 Å². The normalized spacial score (nSPS) is 16.7. The highest BCUT2D eigenvalue weighted by Crippen LogP contribution is 2.22. The standard InChI is InChI=1S/C18H16FNO/c19-17-8-6-14(7-9-17)12-16-10-11-20(18(16)21)13-15-4-2-1-3-5-15/h1-9,12H,10-11,13H2/b16-12+. The van der Waals surface area contributed by atoms with Crippen LogP contribution in [0.5, 0.6) is 0 Å². The van der Waals surface area contributed by atoms with E-state index in [1.807, 2.05) is 41.3 Å². The summed E-state index contributed by atoms with van der Waals surface area (Å²) < 4.78 is 12.9. The Morgan fingerprint density at radius 1 is 1.05 bits per heavy atom. The molecule has 0 spiro atoms. The average molecular weight is 281 g/mol. The number of halogens is 1. The zero-order valence-electron chi connectivity index (χ0n) is 11.6. The molecule has 0 radical (unpaired) electrons. The van der Waals surface area contributed by atoms with Crippen LogP contribution < -0.4 is 0 Å². The first kappa shape index (κ1) is 13.6. The van der Waals surface area contributed by atoms with Crippen LogP contribution in [0, 0.1) is 5.82 Å². The van der Waals surface area contributed by atoms with E-state index in [1.54, 1.807) is 12.1 Å². The highest BCUT2D eigenvalue weighted by molar-refractivity contribution is 5.99. The zero-order valence-corrected chi connectivity index (χ0v) is 11.6. The molecule has 3 heteroatoms. The first-order chi connectivity index (χ1) is 10.2. The van der Waals surface area contributed by atoms with Crippen LogP contribution >= 0.6 is 0 Å². The summed E-state index contributed by atoms with van der Waals surface area (Å²) in [5.41, 5.74) is 2.78. The van der Waals surface area contributed by atoms with Gasteiger partial charge < -0.3 is 4.90 Å². The zero-order chi connectivity index (χ0) is 14.7. The molecule has 1 fully saturated rings. The SMILES string of the molecule is O=C1/C(=C/c2ccc(F)cc2)CCN1Cc1ccccc1. The molecular weight excluding hydrogens is 265 g/mol. The second-order valence-corrected chi connectivity index (χ2v) is 5.18. The van der Waals surface area contributed by atoms with Gasteiger partial charge in [-0.15, -0.1) is 0 Å². The van der Waals surface area contributed by atoms with Crippen molar-refractivity contribution in [1.82, 2.24) is 4.90 Å². The Hall–Kier alpha value is -2.42. The second-order valence-electron chi connectivity index (χ2n) is 5.18. The summed E-state index contributed by atoms with van der Waals surface area (Å²) in [4.78, 5) is 14.2. The summed E-state index contributed by atoms with van der Waals surface area (Å²) in [5, 5.41) is 0. The Balaban J connectivity index is 1.73. The second kappa shape index (κ2) is 5.92. The highest BCUT2D eigenvalue weighted by atomic mass is 19.1. The molecule has 0 atom stereocenters. The van der Waals surface area contributed by atoms with Crippen LogP contribution in [-0.4, -0.2) is 17.4 Å². The van der Waals surface area contributed by atoms with Crippen LogP contribution in [0.3, 0.4) is 0 Å². The molecule has 3 rings (SSSR count). The van der Waals surface area contributed by atoms with Gasteiger partial charge in [0, 0.05) is 18.7 Å². The number of hydrogen-bond donors (Lipinski definition) is 0. The number of nitrogens with zero attached hydrogens (tertiary/aromatic N) is 1. The van der Waals surface area contributed by atoms with E-state index in [0.717, 1.165) is 29.7 Å². The third kappa shape index (κ3) is 3.19. The van der Waals surface area contributed by atoms with Crippen molar-refractivity contribution < 1.29 is 9.18 Å². The molecule has 2 aromatic carbocycles. The largest absolute Gasteiger partial charge is 0.334 e. The summed E-state index contributed by atoms with van der Waals surface area (Å²) >= 11 is 0. The van der Waals surface area contributed by atoms with E-state index < -0.39 is 0 Å². The fourth-order valence-electron chi connectivity index (χ4n) is 2.52. The third-order valence-corrected chi connectivity index (χ3v) is 3.64. The molecular formula is C18H16FNO. The van der Waals surface area contributed by atoms with Crippen molar-refractivity contribution in [2.45, 2.75) is 13.0 Å². The lowest BCUT2D eigenvalue weighted by molar-refractivity contribution is -0.125. The van der Waals surface area contributed by atoms with E-state index in [2.05, 4.69) is 0 Å². The topological polar surface area (TPSA) is 20.3 Å². The quantitative estimate of drug-likeness (QED) is 0.787. The van der Waals surface area contributed by atoms with E-state index in [4.69, 9.17) is 0 Å². The first-order valence-corrected chi connectivity index (χ1v) is 7.02. The van der Waals surface area contributed by atoms with Crippen molar-refractivity contribution in [3.05, 3.63) is 77.1 Å². The number of hydrogen-bond acceptors (Lipinski definition) is 1. The number of likely N-dealkylation sites (tertiary alicyclic amines) is 1. The molecule has 0 bridgehead atoms. The Bertz CT molecular complexity index is 661. The minimum atomic E-state index is -0.263. The molecule has 1 aliphatic heterocycles. The van der Waals surface area contributed by atoms with Crippen LogP contribution in [0.2, 0.25) is 0 Å². The molecule has 2 aromatic rings.